The Hall–Kier alpha value is -1.35. The molecule has 0 bridgehead atoms. The Kier molecular flexibility index (Phi) is 5.35. The van der Waals surface area contributed by atoms with E-state index in [2.05, 4.69) is 30.4 Å². The van der Waals surface area contributed by atoms with Crippen LogP contribution in [0.25, 0.3) is 0 Å². The summed E-state index contributed by atoms with van der Waals surface area (Å²) in [5, 5.41) is 3.24. The van der Waals surface area contributed by atoms with E-state index in [1.165, 1.54) is 11.1 Å². The summed E-state index contributed by atoms with van der Waals surface area (Å²) in [5.74, 6) is -0.153. The Morgan fingerprint density at radius 2 is 2.06 bits per heavy atom. The highest BCUT2D eigenvalue weighted by atomic mass is 16.6. The van der Waals surface area contributed by atoms with Crippen LogP contribution in [0.4, 0.5) is 0 Å². The molecule has 0 saturated carbocycles. The summed E-state index contributed by atoms with van der Waals surface area (Å²) in [4.78, 5) is 11.5. The maximum absolute atomic E-state index is 11.5. The van der Waals surface area contributed by atoms with E-state index in [1.807, 2.05) is 26.8 Å². The summed E-state index contributed by atoms with van der Waals surface area (Å²) in [6, 6.07) is 8.33. The lowest BCUT2D eigenvalue weighted by molar-refractivity contribution is -0.154. The molecule has 0 unspecified atom stereocenters. The number of hydrogen-bond acceptors (Lipinski definition) is 3. The van der Waals surface area contributed by atoms with Gasteiger partial charge in [0.1, 0.15) is 5.60 Å². The summed E-state index contributed by atoms with van der Waals surface area (Å²) >= 11 is 0. The zero-order valence-electron chi connectivity index (χ0n) is 11.7. The van der Waals surface area contributed by atoms with Gasteiger partial charge >= 0.3 is 5.97 Å². The quantitative estimate of drug-likeness (QED) is 0.644. The molecule has 1 aromatic carbocycles. The number of aryl methyl sites for hydroxylation is 1. The number of hydrogen-bond donors (Lipinski definition) is 1. The summed E-state index contributed by atoms with van der Waals surface area (Å²) in [6.45, 7) is 9.14. The summed E-state index contributed by atoms with van der Waals surface area (Å²) in [6.07, 6.45) is 0.406. The van der Waals surface area contributed by atoms with Crippen LogP contribution in [-0.4, -0.2) is 18.1 Å². The Labute approximate surface area is 110 Å². The van der Waals surface area contributed by atoms with Crippen LogP contribution in [0.15, 0.2) is 24.3 Å². The van der Waals surface area contributed by atoms with Crippen molar-refractivity contribution in [3.63, 3.8) is 0 Å². The molecule has 0 saturated heterocycles. The molecule has 0 amide bonds. The van der Waals surface area contributed by atoms with Crippen molar-refractivity contribution in [3.05, 3.63) is 35.4 Å². The molecule has 1 N–H and O–H groups in total. The van der Waals surface area contributed by atoms with E-state index in [-0.39, 0.29) is 5.97 Å². The van der Waals surface area contributed by atoms with E-state index in [9.17, 15) is 4.79 Å². The molecule has 0 aliphatic heterocycles. The number of nitrogens with one attached hydrogen (secondary N) is 1. The summed E-state index contributed by atoms with van der Waals surface area (Å²) in [7, 11) is 0. The molecule has 3 nitrogen and oxygen atoms in total. The smallest absolute Gasteiger partial charge is 0.307 e. The van der Waals surface area contributed by atoms with Crippen molar-refractivity contribution in [1.82, 2.24) is 5.32 Å². The first-order valence-corrected chi connectivity index (χ1v) is 6.35. The van der Waals surface area contributed by atoms with Crippen LogP contribution in [0.2, 0.25) is 0 Å². The van der Waals surface area contributed by atoms with Gasteiger partial charge in [0.2, 0.25) is 0 Å². The molecule has 0 aliphatic carbocycles. The second-order valence-corrected chi connectivity index (χ2v) is 5.50. The fourth-order valence-electron chi connectivity index (χ4n) is 1.64. The van der Waals surface area contributed by atoms with Crippen molar-refractivity contribution in [2.75, 3.05) is 6.54 Å². The van der Waals surface area contributed by atoms with Gasteiger partial charge in [0.05, 0.1) is 6.42 Å². The Balaban J connectivity index is 2.21. The van der Waals surface area contributed by atoms with E-state index < -0.39 is 5.60 Å². The number of carbonyl (C=O) groups is 1. The van der Waals surface area contributed by atoms with E-state index in [0.29, 0.717) is 13.0 Å². The zero-order chi connectivity index (χ0) is 13.6. The highest BCUT2D eigenvalue weighted by Crippen LogP contribution is 2.08. The number of esters is 1. The summed E-state index contributed by atoms with van der Waals surface area (Å²) in [5.41, 5.74) is 2.09. The molecule has 0 radical (unpaired) electrons. The first-order chi connectivity index (χ1) is 8.37. The number of benzene rings is 1. The third kappa shape index (κ3) is 6.40. The fourth-order valence-corrected chi connectivity index (χ4v) is 1.64. The monoisotopic (exact) mass is 249 g/mol. The highest BCUT2D eigenvalue weighted by Gasteiger charge is 2.15. The minimum atomic E-state index is -0.395. The lowest BCUT2D eigenvalue weighted by atomic mass is 10.1. The molecular formula is C15H23NO2. The van der Waals surface area contributed by atoms with E-state index in [4.69, 9.17) is 4.74 Å². The lowest BCUT2D eigenvalue weighted by Crippen LogP contribution is -2.26. The molecule has 0 atom stereocenters. The second-order valence-electron chi connectivity index (χ2n) is 5.50. The topological polar surface area (TPSA) is 38.3 Å². The minimum absolute atomic E-state index is 0.153. The first kappa shape index (κ1) is 14.7. The average Bonchev–Trinajstić information content (AvgIpc) is 2.22. The number of carbonyl (C=O) groups excluding carboxylic acids is 1. The van der Waals surface area contributed by atoms with Gasteiger partial charge in [-0.3, -0.25) is 4.79 Å². The molecule has 3 heteroatoms. The van der Waals surface area contributed by atoms with Gasteiger partial charge in [0.15, 0.2) is 0 Å². The van der Waals surface area contributed by atoms with Crippen molar-refractivity contribution < 1.29 is 9.53 Å². The maximum Gasteiger partial charge on any atom is 0.307 e. The van der Waals surface area contributed by atoms with E-state index in [0.717, 1.165) is 6.54 Å². The highest BCUT2D eigenvalue weighted by molar-refractivity contribution is 5.70. The van der Waals surface area contributed by atoms with Gasteiger partial charge < -0.3 is 10.1 Å². The van der Waals surface area contributed by atoms with Crippen LogP contribution in [0.3, 0.4) is 0 Å². The van der Waals surface area contributed by atoms with Gasteiger partial charge in [0.25, 0.3) is 0 Å². The van der Waals surface area contributed by atoms with Crippen LogP contribution >= 0.6 is 0 Å². The van der Waals surface area contributed by atoms with Gasteiger partial charge in [-0.1, -0.05) is 29.8 Å². The first-order valence-electron chi connectivity index (χ1n) is 6.35. The molecule has 0 aromatic heterocycles. The fraction of sp³-hybridized carbons (Fsp3) is 0.533. The standard InChI is InChI=1S/C15H23NO2/c1-12-6-5-7-13(10-12)11-16-9-8-14(17)18-15(2,3)4/h5-7,10,16H,8-9,11H2,1-4H3. The molecule has 18 heavy (non-hydrogen) atoms. The van der Waals surface area contributed by atoms with Crippen LogP contribution in [0.1, 0.15) is 38.3 Å². The van der Waals surface area contributed by atoms with Gasteiger partial charge in [0, 0.05) is 13.1 Å². The largest absolute Gasteiger partial charge is 0.460 e. The van der Waals surface area contributed by atoms with E-state index >= 15 is 0 Å². The van der Waals surface area contributed by atoms with Crippen molar-refractivity contribution in [2.45, 2.75) is 46.3 Å². The van der Waals surface area contributed by atoms with Crippen molar-refractivity contribution in [1.29, 1.82) is 0 Å². The normalized spacial score (nSPS) is 11.3. The molecule has 0 fully saturated rings. The molecular weight excluding hydrogens is 226 g/mol. The van der Waals surface area contributed by atoms with Crippen LogP contribution in [0.5, 0.6) is 0 Å². The lowest BCUT2D eigenvalue weighted by Gasteiger charge is -2.19. The van der Waals surface area contributed by atoms with Crippen molar-refractivity contribution >= 4 is 5.97 Å². The van der Waals surface area contributed by atoms with Crippen LogP contribution in [0, 0.1) is 6.92 Å². The average molecular weight is 249 g/mol. The SMILES string of the molecule is Cc1cccc(CNCCC(=O)OC(C)(C)C)c1. The maximum atomic E-state index is 11.5. The minimum Gasteiger partial charge on any atom is -0.460 e. The predicted octanol–water partition coefficient (Wildman–Crippen LogP) is 2.82. The molecule has 0 spiro atoms. The third-order valence-corrected chi connectivity index (χ3v) is 2.34. The Morgan fingerprint density at radius 1 is 1.33 bits per heavy atom. The van der Waals surface area contributed by atoms with Crippen LogP contribution in [-0.2, 0) is 16.1 Å². The van der Waals surface area contributed by atoms with Gasteiger partial charge in [-0.15, -0.1) is 0 Å². The molecule has 0 heterocycles. The molecule has 0 aliphatic rings. The summed E-state index contributed by atoms with van der Waals surface area (Å²) < 4.78 is 5.23. The molecule has 1 rings (SSSR count). The second kappa shape index (κ2) is 6.55. The molecule has 100 valence electrons. The zero-order valence-corrected chi connectivity index (χ0v) is 11.7. The van der Waals surface area contributed by atoms with Crippen molar-refractivity contribution in [2.24, 2.45) is 0 Å². The van der Waals surface area contributed by atoms with Crippen molar-refractivity contribution in [3.8, 4) is 0 Å². The number of ether oxygens (including phenoxy) is 1. The Bertz CT molecular complexity index is 394. The van der Waals surface area contributed by atoms with Gasteiger partial charge in [-0.05, 0) is 33.3 Å². The number of rotatable bonds is 5. The van der Waals surface area contributed by atoms with Gasteiger partial charge in [-0.25, -0.2) is 0 Å². The van der Waals surface area contributed by atoms with Gasteiger partial charge in [-0.2, -0.15) is 0 Å². The van der Waals surface area contributed by atoms with Crippen LogP contribution < -0.4 is 5.32 Å². The predicted molar refractivity (Wildman–Crippen MR) is 73.3 cm³/mol. The van der Waals surface area contributed by atoms with E-state index in [1.54, 1.807) is 0 Å². The third-order valence-electron chi connectivity index (χ3n) is 2.34. The Morgan fingerprint density at radius 3 is 2.67 bits per heavy atom. The molecule has 1 aromatic rings.